The highest BCUT2D eigenvalue weighted by atomic mass is 32.2. The SMILES string of the molecule is Cn1cnnc1CNC(=O)NC(CCS(C)(=O)=O)C(=O)O. The van der Waals surface area contributed by atoms with Crippen molar-refractivity contribution in [3.05, 3.63) is 12.2 Å². The Hall–Kier alpha value is -2.17. The summed E-state index contributed by atoms with van der Waals surface area (Å²) in [5.74, 6) is -1.13. The highest BCUT2D eigenvalue weighted by Gasteiger charge is 2.21. The second-order valence-corrected chi connectivity index (χ2v) is 6.75. The number of sulfone groups is 1. The number of hydrogen-bond donors (Lipinski definition) is 3. The van der Waals surface area contributed by atoms with Crippen LogP contribution in [-0.4, -0.2) is 58.3 Å². The van der Waals surface area contributed by atoms with Gasteiger partial charge in [0.1, 0.15) is 22.2 Å². The van der Waals surface area contributed by atoms with Crippen LogP contribution in [0.5, 0.6) is 0 Å². The zero-order valence-corrected chi connectivity index (χ0v) is 12.4. The third-order valence-electron chi connectivity index (χ3n) is 2.59. The summed E-state index contributed by atoms with van der Waals surface area (Å²) in [6.45, 7) is 0.0702. The van der Waals surface area contributed by atoms with E-state index >= 15 is 0 Å². The Labute approximate surface area is 121 Å². The van der Waals surface area contributed by atoms with Crippen LogP contribution < -0.4 is 10.6 Å². The molecule has 0 aliphatic carbocycles. The van der Waals surface area contributed by atoms with E-state index in [9.17, 15) is 18.0 Å². The lowest BCUT2D eigenvalue weighted by Gasteiger charge is -2.14. The molecule has 1 heterocycles. The smallest absolute Gasteiger partial charge is 0.326 e. The van der Waals surface area contributed by atoms with Gasteiger partial charge in [0.05, 0.1) is 12.3 Å². The quantitative estimate of drug-likeness (QED) is 0.555. The maximum atomic E-state index is 11.6. The second-order valence-electron chi connectivity index (χ2n) is 4.49. The van der Waals surface area contributed by atoms with Crippen molar-refractivity contribution in [1.82, 2.24) is 25.4 Å². The molecule has 1 unspecified atom stereocenters. The van der Waals surface area contributed by atoms with Gasteiger partial charge in [-0.05, 0) is 6.42 Å². The number of carbonyl (C=O) groups is 2. The highest BCUT2D eigenvalue weighted by Crippen LogP contribution is 1.97. The molecule has 118 valence electrons. The number of urea groups is 1. The molecule has 0 saturated heterocycles. The minimum absolute atomic E-state index is 0.0702. The topological polar surface area (TPSA) is 143 Å². The molecule has 0 radical (unpaired) electrons. The maximum Gasteiger partial charge on any atom is 0.326 e. The molecular formula is C10H17N5O5S. The number of carbonyl (C=O) groups excluding carboxylic acids is 1. The monoisotopic (exact) mass is 319 g/mol. The Morgan fingerprint density at radius 1 is 1.48 bits per heavy atom. The van der Waals surface area contributed by atoms with Crippen molar-refractivity contribution in [2.45, 2.75) is 19.0 Å². The molecule has 0 aliphatic heterocycles. The summed E-state index contributed by atoms with van der Waals surface area (Å²) in [5.41, 5.74) is 0. The van der Waals surface area contributed by atoms with E-state index in [-0.39, 0.29) is 18.7 Å². The molecule has 0 aromatic carbocycles. The van der Waals surface area contributed by atoms with E-state index in [2.05, 4.69) is 20.8 Å². The molecule has 1 aromatic heterocycles. The molecule has 0 saturated carbocycles. The number of aryl methyl sites for hydroxylation is 1. The second kappa shape index (κ2) is 7.02. The van der Waals surface area contributed by atoms with E-state index in [4.69, 9.17) is 5.11 Å². The van der Waals surface area contributed by atoms with Crippen LogP contribution >= 0.6 is 0 Å². The van der Waals surface area contributed by atoms with Crippen molar-refractivity contribution >= 4 is 21.8 Å². The average molecular weight is 319 g/mol. The zero-order chi connectivity index (χ0) is 16.0. The molecule has 1 aromatic rings. The van der Waals surface area contributed by atoms with E-state index in [1.54, 1.807) is 11.6 Å². The number of aromatic nitrogens is 3. The summed E-state index contributed by atoms with van der Waals surface area (Å²) in [4.78, 5) is 22.6. The van der Waals surface area contributed by atoms with Gasteiger partial charge in [-0.15, -0.1) is 10.2 Å². The first-order valence-corrected chi connectivity index (χ1v) is 8.03. The van der Waals surface area contributed by atoms with Crippen LogP contribution in [0.15, 0.2) is 6.33 Å². The van der Waals surface area contributed by atoms with Crippen LogP contribution in [0.2, 0.25) is 0 Å². The van der Waals surface area contributed by atoms with Crippen molar-refractivity contribution in [2.24, 2.45) is 7.05 Å². The van der Waals surface area contributed by atoms with Crippen molar-refractivity contribution in [3.8, 4) is 0 Å². The number of carboxylic acid groups (broad SMARTS) is 1. The van der Waals surface area contributed by atoms with Gasteiger partial charge in [-0.25, -0.2) is 18.0 Å². The first kappa shape index (κ1) is 16.9. The van der Waals surface area contributed by atoms with Crippen LogP contribution in [0.4, 0.5) is 4.79 Å². The van der Waals surface area contributed by atoms with Gasteiger partial charge in [0.2, 0.25) is 0 Å². The third kappa shape index (κ3) is 6.21. The number of carboxylic acids is 1. The number of nitrogens with one attached hydrogen (secondary N) is 2. The van der Waals surface area contributed by atoms with Crippen LogP contribution in [0.25, 0.3) is 0 Å². The molecule has 0 bridgehead atoms. The van der Waals surface area contributed by atoms with E-state index < -0.39 is 27.9 Å². The predicted molar refractivity (Wildman–Crippen MR) is 72.1 cm³/mol. The van der Waals surface area contributed by atoms with Gasteiger partial charge < -0.3 is 20.3 Å². The Morgan fingerprint density at radius 2 is 2.14 bits per heavy atom. The van der Waals surface area contributed by atoms with Gasteiger partial charge in [0.25, 0.3) is 0 Å². The van der Waals surface area contributed by atoms with E-state index in [0.717, 1.165) is 6.26 Å². The van der Waals surface area contributed by atoms with Gasteiger partial charge in [-0.1, -0.05) is 0 Å². The van der Waals surface area contributed by atoms with Crippen LogP contribution in [0.1, 0.15) is 12.2 Å². The Bertz CT molecular complexity index is 611. The normalized spacial score (nSPS) is 12.7. The molecule has 0 fully saturated rings. The van der Waals surface area contributed by atoms with Gasteiger partial charge in [0, 0.05) is 13.3 Å². The standard InChI is InChI=1S/C10H17N5O5S/c1-15-6-12-14-8(15)5-11-10(18)13-7(9(16)17)3-4-21(2,19)20/h6-7H,3-5H2,1-2H3,(H,16,17)(H2,11,13,18). The van der Waals surface area contributed by atoms with Crippen molar-refractivity contribution in [2.75, 3.05) is 12.0 Å². The minimum Gasteiger partial charge on any atom is -0.480 e. The Kier molecular flexibility index (Phi) is 5.64. The molecule has 1 atom stereocenters. The van der Waals surface area contributed by atoms with Crippen molar-refractivity contribution in [3.63, 3.8) is 0 Å². The summed E-state index contributed by atoms with van der Waals surface area (Å²) in [6, 6.07) is -2.00. The lowest BCUT2D eigenvalue weighted by Crippen LogP contribution is -2.46. The van der Waals surface area contributed by atoms with Crippen molar-refractivity contribution < 1.29 is 23.1 Å². The lowest BCUT2D eigenvalue weighted by atomic mass is 10.2. The lowest BCUT2D eigenvalue weighted by molar-refractivity contribution is -0.139. The molecule has 1 rings (SSSR count). The Balaban J connectivity index is 2.49. The van der Waals surface area contributed by atoms with Crippen LogP contribution in [0, 0.1) is 0 Å². The van der Waals surface area contributed by atoms with E-state index in [1.165, 1.54) is 6.33 Å². The molecule has 10 nitrogen and oxygen atoms in total. The van der Waals surface area contributed by atoms with Crippen molar-refractivity contribution in [1.29, 1.82) is 0 Å². The molecule has 0 aliphatic rings. The number of amides is 2. The fraction of sp³-hybridized carbons (Fsp3) is 0.600. The van der Waals surface area contributed by atoms with Gasteiger partial charge in [-0.2, -0.15) is 0 Å². The number of rotatable bonds is 7. The number of hydrogen-bond acceptors (Lipinski definition) is 6. The summed E-state index contributed by atoms with van der Waals surface area (Å²) >= 11 is 0. The minimum atomic E-state index is -3.30. The first-order valence-electron chi connectivity index (χ1n) is 5.97. The molecule has 3 N–H and O–H groups in total. The van der Waals surface area contributed by atoms with E-state index in [1.807, 2.05) is 0 Å². The summed E-state index contributed by atoms with van der Waals surface area (Å²) < 4.78 is 23.6. The third-order valence-corrected chi connectivity index (χ3v) is 3.57. The molecule has 21 heavy (non-hydrogen) atoms. The predicted octanol–water partition coefficient (Wildman–Crippen LogP) is -1.50. The number of aliphatic carboxylic acids is 1. The largest absolute Gasteiger partial charge is 0.480 e. The molecule has 11 heteroatoms. The molecular weight excluding hydrogens is 302 g/mol. The zero-order valence-electron chi connectivity index (χ0n) is 11.6. The fourth-order valence-electron chi connectivity index (χ4n) is 1.43. The Morgan fingerprint density at radius 3 is 2.62 bits per heavy atom. The summed E-state index contributed by atoms with van der Waals surface area (Å²) in [5, 5.41) is 20.9. The fourth-order valence-corrected chi connectivity index (χ4v) is 2.09. The first-order chi connectivity index (χ1) is 9.69. The van der Waals surface area contributed by atoms with Crippen LogP contribution in [-0.2, 0) is 28.2 Å². The van der Waals surface area contributed by atoms with Gasteiger partial charge in [-0.3, -0.25) is 0 Å². The van der Waals surface area contributed by atoms with E-state index in [0.29, 0.717) is 5.82 Å². The highest BCUT2D eigenvalue weighted by molar-refractivity contribution is 7.90. The number of nitrogens with zero attached hydrogens (tertiary/aromatic N) is 3. The van der Waals surface area contributed by atoms with Gasteiger partial charge >= 0.3 is 12.0 Å². The van der Waals surface area contributed by atoms with Gasteiger partial charge in [0.15, 0.2) is 5.82 Å². The average Bonchev–Trinajstić information content (AvgIpc) is 2.76. The van der Waals surface area contributed by atoms with Crippen LogP contribution in [0.3, 0.4) is 0 Å². The summed E-state index contributed by atoms with van der Waals surface area (Å²) in [6.07, 6.45) is 2.26. The maximum absolute atomic E-state index is 11.6. The molecule has 2 amide bonds. The summed E-state index contributed by atoms with van der Waals surface area (Å²) in [7, 11) is -1.60. The molecule has 0 spiro atoms.